The Bertz CT molecular complexity index is 514. The van der Waals surface area contributed by atoms with Crippen LogP contribution in [0.25, 0.3) is 0 Å². The third kappa shape index (κ3) is 3.39. The van der Waals surface area contributed by atoms with Crippen LogP contribution in [-0.4, -0.2) is 18.4 Å². The van der Waals surface area contributed by atoms with E-state index >= 15 is 0 Å². The van der Waals surface area contributed by atoms with Crippen molar-refractivity contribution in [3.63, 3.8) is 0 Å². The summed E-state index contributed by atoms with van der Waals surface area (Å²) in [6.45, 7) is 0. The van der Waals surface area contributed by atoms with Gasteiger partial charge >= 0.3 is 5.51 Å². The molecule has 0 unspecified atom stereocenters. The Morgan fingerprint density at radius 2 is 1.90 bits per heavy atom. The number of methoxy groups -OCH3 is 1. The zero-order valence-corrected chi connectivity index (χ0v) is 11.6. The number of benzene rings is 1. The minimum Gasteiger partial charge on any atom is -0.492 e. The van der Waals surface area contributed by atoms with Crippen molar-refractivity contribution < 1.29 is 26.9 Å². The first-order chi connectivity index (χ1) is 9.42. The molecule has 1 aliphatic carbocycles. The number of ether oxygens (including phenoxy) is 1. The normalized spacial score (nSPS) is 15.5. The fourth-order valence-electron chi connectivity index (χ4n) is 2.22. The van der Waals surface area contributed by atoms with Crippen LogP contribution in [0.1, 0.15) is 35.2 Å². The monoisotopic (exact) mass is 306 g/mol. The van der Waals surface area contributed by atoms with Crippen LogP contribution in [0.2, 0.25) is 0 Å². The summed E-state index contributed by atoms with van der Waals surface area (Å²) >= 11 is -0.592. The van der Waals surface area contributed by atoms with E-state index in [2.05, 4.69) is 4.18 Å². The fourth-order valence-corrected chi connectivity index (χ4v) is 2.53. The second-order valence-corrected chi connectivity index (χ2v) is 5.16. The lowest BCUT2D eigenvalue weighted by Crippen LogP contribution is -2.06. The highest BCUT2D eigenvalue weighted by Gasteiger charge is 2.32. The van der Waals surface area contributed by atoms with Crippen molar-refractivity contribution in [3.8, 4) is 11.5 Å². The van der Waals surface area contributed by atoms with Crippen molar-refractivity contribution in [2.45, 2.75) is 31.2 Å². The van der Waals surface area contributed by atoms with E-state index in [0.29, 0.717) is 24.0 Å². The highest BCUT2D eigenvalue weighted by Crippen LogP contribution is 2.41. The van der Waals surface area contributed by atoms with Crippen molar-refractivity contribution >= 4 is 17.8 Å². The third-order valence-corrected chi connectivity index (χ3v) is 3.49. The summed E-state index contributed by atoms with van der Waals surface area (Å²) in [5, 5.41) is 0. The average molecular weight is 306 g/mol. The maximum absolute atomic E-state index is 12.2. The van der Waals surface area contributed by atoms with E-state index in [4.69, 9.17) is 4.74 Å². The second-order valence-electron chi connectivity index (χ2n) is 4.37. The van der Waals surface area contributed by atoms with Gasteiger partial charge in [-0.05, 0) is 31.4 Å². The molecule has 2 rings (SSSR count). The van der Waals surface area contributed by atoms with Crippen LogP contribution in [0, 0.1) is 0 Å². The van der Waals surface area contributed by atoms with Crippen molar-refractivity contribution in [2.75, 3.05) is 7.11 Å². The van der Waals surface area contributed by atoms with Crippen LogP contribution in [0.4, 0.5) is 13.2 Å². The zero-order chi connectivity index (χ0) is 14.8. The second kappa shape index (κ2) is 5.95. The summed E-state index contributed by atoms with van der Waals surface area (Å²) in [5.74, 6) is 0.198. The van der Waals surface area contributed by atoms with Crippen molar-refractivity contribution in [1.82, 2.24) is 0 Å². The van der Waals surface area contributed by atoms with Gasteiger partial charge in [0.25, 0.3) is 0 Å². The third-order valence-electron chi connectivity index (χ3n) is 3.04. The molecule has 0 radical (unpaired) electrons. The predicted molar refractivity (Wildman–Crippen MR) is 69.2 cm³/mol. The summed E-state index contributed by atoms with van der Waals surface area (Å²) in [6, 6.07) is 2.86. The Hall–Kier alpha value is -1.37. The van der Waals surface area contributed by atoms with E-state index in [1.165, 1.54) is 19.2 Å². The smallest absolute Gasteiger partial charge is 0.479 e. The van der Waals surface area contributed by atoms with E-state index in [1.807, 2.05) is 0 Å². The molecular weight excluding hydrogens is 293 g/mol. The molecule has 0 atom stereocenters. The minimum absolute atomic E-state index is 0.00850. The molecule has 0 saturated carbocycles. The number of rotatable bonds is 3. The highest BCUT2D eigenvalue weighted by atomic mass is 32.2. The molecule has 0 saturated heterocycles. The number of carbonyl (C=O) groups excluding carboxylic acids is 1. The minimum atomic E-state index is -4.49. The van der Waals surface area contributed by atoms with Crippen molar-refractivity contribution in [1.29, 1.82) is 0 Å². The Morgan fingerprint density at radius 3 is 2.55 bits per heavy atom. The van der Waals surface area contributed by atoms with Gasteiger partial charge in [-0.1, -0.05) is 0 Å². The van der Waals surface area contributed by atoms with Crippen LogP contribution in [0.5, 0.6) is 11.5 Å². The first kappa shape index (κ1) is 15.0. The quantitative estimate of drug-likeness (QED) is 0.621. The van der Waals surface area contributed by atoms with Gasteiger partial charge in [-0.15, -0.1) is 0 Å². The van der Waals surface area contributed by atoms with Crippen LogP contribution in [-0.2, 0) is 6.42 Å². The Balaban J connectivity index is 2.35. The number of Topliss-reactive ketones (excluding diaryl/α,β-unsaturated/α-hetero) is 1. The number of carbonyl (C=O) groups is 1. The number of fused-ring (bicyclic) bond motifs is 1. The number of hydrogen-bond acceptors (Lipinski definition) is 4. The molecule has 0 aromatic heterocycles. The Kier molecular flexibility index (Phi) is 4.47. The molecule has 3 nitrogen and oxygen atoms in total. The van der Waals surface area contributed by atoms with Gasteiger partial charge in [0, 0.05) is 17.5 Å². The van der Waals surface area contributed by atoms with Crippen LogP contribution in [0.3, 0.4) is 0 Å². The van der Waals surface area contributed by atoms with Gasteiger partial charge in [0.2, 0.25) is 0 Å². The molecule has 7 heteroatoms. The summed E-state index contributed by atoms with van der Waals surface area (Å²) in [6.07, 6.45) is 2.61. The van der Waals surface area contributed by atoms with Gasteiger partial charge in [-0.2, -0.15) is 13.2 Å². The largest absolute Gasteiger partial charge is 0.492 e. The van der Waals surface area contributed by atoms with E-state index in [9.17, 15) is 18.0 Å². The molecule has 0 fully saturated rings. The van der Waals surface area contributed by atoms with Gasteiger partial charge < -0.3 is 8.92 Å². The Morgan fingerprint density at radius 1 is 1.20 bits per heavy atom. The van der Waals surface area contributed by atoms with Crippen molar-refractivity contribution in [2.24, 2.45) is 0 Å². The molecule has 0 N–H and O–H groups in total. The van der Waals surface area contributed by atoms with E-state index in [1.54, 1.807) is 0 Å². The number of halogens is 3. The molecule has 1 aromatic rings. The fraction of sp³-hybridized carbons (Fsp3) is 0.462. The molecule has 0 heterocycles. The summed E-state index contributed by atoms with van der Waals surface area (Å²) in [5.41, 5.74) is -3.34. The molecule has 20 heavy (non-hydrogen) atoms. The van der Waals surface area contributed by atoms with Gasteiger partial charge in [0.15, 0.2) is 29.3 Å². The molecule has 0 aliphatic heterocycles. The summed E-state index contributed by atoms with van der Waals surface area (Å²) in [4.78, 5) is 11.9. The van der Waals surface area contributed by atoms with Crippen LogP contribution < -0.4 is 8.92 Å². The number of hydrogen-bond donors (Lipinski definition) is 0. The number of ketones is 1. The lowest BCUT2D eigenvalue weighted by molar-refractivity contribution is -0.0370. The average Bonchev–Trinajstić information content (AvgIpc) is 2.57. The lowest BCUT2D eigenvalue weighted by atomic mass is 10.0. The van der Waals surface area contributed by atoms with Crippen LogP contribution >= 0.6 is 12.0 Å². The van der Waals surface area contributed by atoms with E-state index < -0.39 is 17.6 Å². The molecule has 0 bridgehead atoms. The summed E-state index contributed by atoms with van der Waals surface area (Å²) < 4.78 is 46.4. The van der Waals surface area contributed by atoms with E-state index in [-0.39, 0.29) is 17.3 Å². The molecule has 1 aliphatic rings. The van der Waals surface area contributed by atoms with Gasteiger partial charge in [-0.3, -0.25) is 4.79 Å². The molecular formula is C13H13F3O3S. The van der Waals surface area contributed by atoms with Gasteiger partial charge in [0.05, 0.1) is 7.11 Å². The SMILES string of the molecule is COc1c(OSC(F)(F)F)ccc2c1CCCCC2=O. The Labute approximate surface area is 118 Å². The molecule has 110 valence electrons. The molecule has 0 spiro atoms. The van der Waals surface area contributed by atoms with Crippen molar-refractivity contribution in [3.05, 3.63) is 23.3 Å². The predicted octanol–water partition coefficient (Wildman–Crippen LogP) is 4.15. The molecule has 0 amide bonds. The maximum Gasteiger partial charge on any atom is 0.479 e. The highest BCUT2D eigenvalue weighted by molar-refractivity contribution is 7.95. The first-order valence-corrected chi connectivity index (χ1v) is 6.82. The van der Waals surface area contributed by atoms with E-state index in [0.717, 1.165) is 12.8 Å². The first-order valence-electron chi connectivity index (χ1n) is 6.08. The molecule has 1 aromatic carbocycles. The van der Waals surface area contributed by atoms with Gasteiger partial charge in [0.1, 0.15) is 0 Å². The number of alkyl halides is 3. The maximum atomic E-state index is 12.2. The zero-order valence-electron chi connectivity index (χ0n) is 10.8. The standard InChI is InChI=1S/C13H13F3O3S/c1-18-12-9-4-2-3-5-10(17)8(9)6-7-11(12)19-20-13(14,15)16/h6-7H,2-5H2,1H3. The topological polar surface area (TPSA) is 35.5 Å². The lowest BCUT2D eigenvalue weighted by Gasteiger charge is -2.15. The van der Waals surface area contributed by atoms with Crippen LogP contribution in [0.15, 0.2) is 12.1 Å². The van der Waals surface area contributed by atoms with Gasteiger partial charge in [-0.25, -0.2) is 0 Å². The summed E-state index contributed by atoms with van der Waals surface area (Å²) in [7, 11) is 1.36.